The van der Waals surface area contributed by atoms with Gasteiger partial charge in [0, 0.05) is 25.6 Å². The number of amides is 2. The Labute approximate surface area is 177 Å². The van der Waals surface area contributed by atoms with Gasteiger partial charge in [-0.05, 0) is 57.7 Å². The molecule has 7 nitrogen and oxygen atoms in total. The van der Waals surface area contributed by atoms with Crippen LogP contribution >= 0.6 is 0 Å². The number of nitrogens with one attached hydrogen (secondary N) is 1. The first-order valence-corrected chi connectivity index (χ1v) is 10.8. The average molecular weight is 411 g/mol. The highest BCUT2D eigenvalue weighted by Gasteiger charge is 2.50. The normalized spacial score (nSPS) is 23.8. The summed E-state index contributed by atoms with van der Waals surface area (Å²) in [5.74, 6) is 0.789. The van der Waals surface area contributed by atoms with Crippen molar-refractivity contribution in [3.63, 3.8) is 0 Å². The molecule has 1 aromatic carbocycles. The molecule has 4 rings (SSSR count). The summed E-state index contributed by atoms with van der Waals surface area (Å²) in [5.41, 5.74) is 1.67. The number of benzene rings is 1. The molecule has 1 N–H and O–H groups in total. The molecule has 2 aromatic rings. The van der Waals surface area contributed by atoms with Gasteiger partial charge in [-0.1, -0.05) is 12.1 Å². The topological polar surface area (TPSA) is 78.5 Å². The number of nitrogens with zero attached hydrogens (tertiary/aromatic N) is 3. The van der Waals surface area contributed by atoms with Crippen molar-refractivity contribution < 1.29 is 14.3 Å². The van der Waals surface area contributed by atoms with E-state index in [1.54, 1.807) is 13.0 Å². The molecule has 2 aliphatic heterocycles. The number of hydrogen-bond acceptors (Lipinski definition) is 4. The largest absolute Gasteiger partial charge is 0.493 e. The Morgan fingerprint density at radius 2 is 2.07 bits per heavy atom. The Morgan fingerprint density at radius 3 is 2.83 bits per heavy atom. The molecule has 0 radical (unpaired) electrons. The zero-order chi connectivity index (χ0) is 21.3. The standard InChI is InChI=1S/C23H30N4O3/c1-4-30-20-10-6-5-9-17(20)18-15-19(25-24-18)22(29)27-14-7-11-21-23(27,3)12-8-13-26(21)16(2)28/h5-6,9-10,15,21H,4,7-8,11-14H2,1-3H3,(H,24,25)/t21-,23-/m0/s1. The number of aromatic nitrogens is 2. The van der Waals surface area contributed by atoms with Crippen molar-refractivity contribution in [1.82, 2.24) is 20.0 Å². The zero-order valence-corrected chi connectivity index (χ0v) is 18.0. The number of aromatic amines is 1. The maximum atomic E-state index is 13.5. The maximum absolute atomic E-state index is 13.5. The van der Waals surface area contributed by atoms with Gasteiger partial charge in [-0.2, -0.15) is 5.10 Å². The van der Waals surface area contributed by atoms with Crippen molar-refractivity contribution >= 4 is 11.8 Å². The lowest BCUT2D eigenvalue weighted by molar-refractivity contribution is -0.140. The number of carbonyl (C=O) groups is 2. The molecular weight excluding hydrogens is 380 g/mol. The minimum Gasteiger partial charge on any atom is -0.493 e. The van der Waals surface area contributed by atoms with Gasteiger partial charge in [0.05, 0.1) is 23.9 Å². The molecule has 2 saturated heterocycles. The van der Waals surface area contributed by atoms with Gasteiger partial charge in [0.25, 0.3) is 5.91 Å². The predicted molar refractivity (Wildman–Crippen MR) is 114 cm³/mol. The van der Waals surface area contributed by atoms with E-state index in [9.17, 15) is 9.59 Å². The molecular formula is C23H30N4O3. The first kappa shape index (κ1) is 20.4. The van der Waals surface area contributed by atoms with Gasteiger partial charge in [0.15, 0.2) is 0 Å². The molecule has 30 heavy (non-hydrogen) atoms. The van der Waals surface area contributed by atoms with Gasteiger partial charge in [0.1, 0.15) is 11.4 Å². The van der Waals surface area contributed by atoms with Crippen molar-refractivity contribution in [3.05, 3.63) is 36.0 Å². The smallest absolute Gasteiger partial charge is 0.272 e. The quantitative estimate of drug-likeness (QED) is 0.837. The van der Waals surface area contributed by atoms with Crippen molar-refractivity contribution in [2.45, 2.75) is 58.0 Å². The van der Waals surface area contributed by atoms with E-state index in [2.05, 4.69) is 17.1 Å². The van der Waals surface area contributed by atoms with Crippen LogP contribution in [0.3, 0.4) is 0 Å². The highest BCUT2D eigenvalue weighted by Crippen LogP contribution is 2.40. The van der Waals surface area contributed by atoms with Crippen LogP contribution in [0.4, 0.5) is 0 Å². The van der Waals surface area contributed by atoms with Crippen LogP contribution in [-0.4, -0.2) is 63.1 Å². The molecule has 2 atom stereocenters. The minimum absolute atomic E-state index is 0.0553. The first-order chi connectivity index (χ1) is 14.5. The molecule has 7 heteroatoms. The molecule has 3 heterocycles. The summed E-state index contributed by atoms with van der Waals surface area (Å²) in [7, 11) is 0. The third-order valence-electron chi connectivity index (χ3n) is 6.57. The number of ether oxygens (including phenoxy) is 1. The number of rotatable bonds is 4. The Hall–Kier alpha value is -2.83. The fraction of sp³-hybridized carbons (Fsp3) is 0.522. The number of likely N-dealkylation sites (tertiary alicyclic amines) is 2. The SMILES string of the molecule is CCOc1ccccc1-c1cc(C(=O)N2CCC[C@@H]3N(C(C)=O)CCC[C@@]32C)[nH]n1. The van der Waals surface area contributed by atoms with Gasteiger partial charge >= 0.3 is 0 Å². The Kier molecular flexibility index (Phi) is 5.54. The van der Waals surface area contributed by atoms with Crippen LogP contribution in [0, 0.1) is 0 Å². The van der Waals surface area contributed by atoms with Crippen LogP contribution in [-0.2, 0) is 4.79 Å². The maximum Gasteiger partial charge on any atom is 0.272 e. The Morgan fingerprint density at radius 1 is 1.27 bits per heavy atom. The summed E-state index contributed by atoms with van der Waals surface area (Å²) in [4.78, 5) is 29.6. The monoisotopic (exact) mass is 410 g/mol. The van der Waals surface area contributed by atoms with E-state index in [4.69, 9.17) is 4.74 Å². The number of carbonyl (C=O) groups excluding carboxylic acids is 2. The van der Waals surface area contributed by atoms with E-state index < -0.39 is 0 Å². The molecule has 0 aliphatic carbocycles. The number of piperidine rings is 2. The van der Waals surface area contributed by atoms with E-state index in [0.717, 1.165) is 43.5 Å². The van der Waals surface area contributed by atoms with Crippen LogP contribution in [0.5, 0.6) is 5.75 Å². The lowest BCUT2D eigenvalue weighted by atomic mass is 9.76. The van der Waals surface area contributed by atoms with Gasteiger partial charge in [-0.25, -0.2) is 0 Å². The third kappa shape index (κ3) is 3.46. The van der Waals surface area contributed by atoms with E-state index in [1.165, 1.54) is 0 Å². The highest BCUT2D eigenvalue weighted by atomic mass is 16.5. The number of para-hydroxylation sites is 1. The predicted octanol–water partition coefficient (Wildman–Crippen LogP) is 3.48. The van der Waals surface area contributed by atoms with Crippen LogP contribution in [0.2, 0.25) is 0 Å². The van der Waals surface area contributed by atoms with E-state index in [0.29, 0.717) is 24.5 Å². The van der Waals surface area contributed by atoms with Crippen molar-refractivity contribution in [1.29, 1.82) is 0 Å². The van der Waals surface area contributed by atoms with E-state index >= 15 is 0 Å². The Balaban J connectivity index is 1.62. The van der Waals surface area contributed by atoms with Crippen LogP contribution in [0.1, 0.15) is 56.9 Å². The van der Waals surface area contributed by atoms with Crippen LogP contribution < -0.4 is 4.74 Å². The number of fused-ring (bicyclic) bond motifs is 1. The van der Waals surface area contributed by atoms with Gasteiger partial charge in [0.2, 0.25) is 5.91 Å². The second kappa shape index (κ2) is 8.13. The summed E-state index contributed by atoms with van der Waals surface area (Å²) in [5, 5.41) is 7.34. The van der Waals surface area contributed by atoms with Gasteiger partial charge < -0.3 is 14.5 Å². The second-order valence-electron chi connectivity index (χ2n) is 8.38. The number of hydrogen-bond donors (Lipinski definition) is 1. The van der Waals surface area contributed by atoms with Crippen molar-refractivity contribution in [2.24, 2.45) is 0 Å². The molecule has 2 amide bonds. The molecule has 160 valence electrons. The Bertz CT molecular complexity index is 940. The molecule has 0 spiro atoms. The van der Waals surface area contributed by atoms with Gasteiger partial charge in [-0.15, -0.1) is 0 Å². The first-order valence-electron chi connectivity index (χ1n) is 10.8. The number of H-pyrrole nitrogens is 1. The zero-order valence-electron chi connectivity index (χ0n) is 18.0. The van der Waals surface area contributed by atoms with E-state index in [1.807, 2.05) is 41.0 Å². The molecule has 2 fully saturated rings. The molecule has 0 unspecified atom stereocenters. The van der Waals surface area contributed by atoms with Gasteiger partial charge in [-0.3, -0.25) is 14.7 Å². The minimum atomic E-state index is -0.353. The summed E-state index contributed by atoms with van der Waals surface area (Å²) in [6, 6.07) is 9.58. The molecule has 0 saturated carbocycles. The third-order valence-corrected chi connectivity index (χ3v) is 6.57. The summed E-state index contributed by atoms with van der Waals surface area (Å²) >= 11 is 0. The average Bonchev–Trinajstić information content (AvgIpc) is 3.22. The van der Waals surface area contributed by atoms with Crippen LogP contribution in [0.15, 0.2) is 30.3 Å². The molecule has 2 aliphatic rings. The summed E-state index contributed by atoms with van der Waals surface area (Å²) in [6.45, 7) is 7.74. The highest BCUT2D eigenvalue weighted by molar-refractivity contribution is 5.94. The summed E-state index contributed by atoms with van der Waals surface area (Å²) in [6.07, 6.45) is 3.65. The molecule has 0 bridgehead atoms. The fourth-order valence-electron chi connectivity index (χ4n) is 5.13. The fourth-order valence-corrected chi connectivity index (χ4v) is 5.13. The van der Waals surface area contributed by atoms with Crippen molar-refractivity contribution in [2.75, 3.05) is 19.7 Å². The molecule has 1 aromatic heterocycles. The van der Waals surface area contributed by atoms with Crippen molar-refractivity contribution in [3.8, 4) is 17.0 Å². The summed E-state index contributed by atoms with van der Waals surface area (Å²) < 4.78 is 5.71. The van der Waals surface area contributed by atoms with Crippen LogP contribution in [0.25, 0.3) is 11.3 Å². The van der Waals surface area contributed by atoms with E-state index in [-0.39, 0.29) is 23.4 Å². The second-order valence-corrected chi connectivity index (χ2v) is 8.38. The lowest BCUT2D eigenvalue weighted by Gasteiger charge is -2.56. The lowest BCUT2D eigenvalue weighted by Crippen LogP contribution is -2.68.